The highest BCUT2D eigenvalue weighted by molar-refractivity contribution is 7.89. The number of fused-ring (bicyclic) bond motifs is 1. The molecule has 0 N–H and O–H groups in total. The van der Waals surface area contributed by atoms with E-state index in [9.17, 15) is 8.42 Å². The Morgan fingerprint density at radius 2 is 1.77 bits per heavy atom. The summed E-state index contributed by atoms with van der Waals surface area (Å²) < 4.78 is 29.8. The second-order valence-electron chi connectivity index (χ2n) is 9.38. The fourth-order valence-corrected chi connectivity index (χ4v) is 6.58. The van der Waals surface area contributed by atoms with Crippen LogP contribution in [0.15, 0.2) is 23.6 Å². The van der Waals surface area contributed by atoms with Crippen molar-refractivity contribution in [3.05, 3.63) is 30.1 Å². The smallest absolute Gasteiger partial charge is 0.262 e. The topological polar surface area (TPSA) is 84.2 Å². The van der Waals surface area contributed by atoms with Gasteiger partial charge in [0, 0.05) is 63.0 Å². The van der Waals surface area contributed by atoms with Crippen molar-refractivity contribution in [3.63, 3.8) is 0 Å². The molecule has 162 valence electrons. The van der Waals surface area contributed by atoms with E-state index in [1.807, 2.05) is 25.5 Å². The van der Waals surface area contributed by atoms with E-state index in [4.69, 9.17) is 0 Å². The third kappa shape index (κ3) is 3.32. The Morgan fingerprint density at radius 3 is 2.33 bits per heavy atom. The van der Waals surface area contributed by atoms with E-state index in [0.717, 1.165) is 30.4 Å². The van der Waals surface area contributed by atoms with Crippen LogP contribution < -0.4 is 4.90 Å². The van der Waals surface area contributed by atoms with E-state index >= 15 is 0 Å². The summed E-state index contributed by atoms with van der Waals surface area (Å²) in [6.07, 6.45) is 7.06. The van der Waals surface area contributed by atoms with Gasteiger partial charge in [0.05, 0.1) is 0 Å². The molecule has 0 amide bonds. The summed E-state index contributed by atoms with van der Waals surface area (Å²) in [6.45, 7) is 6.85. The zero-order chi connectivity index (χ0) is 21.0. The van der Waals surface area contributed by atoms with Crippen molar-refractivity contribution >= 4 is 15.8 Å². The molecule has 0 aromatic carbocycles. The van der Waals surface area contributed by atoms with E-state index in [1.165, 1.54) is 19.3 Å². The molecule has 3 aliphatic rings. The molecule has 2 aliphatic heterocycles. The third-order valence-electron chi connectivity index (χ3n) is 6.98. The van der Waals surface area contributed by atoms with Crippen LogP contribution in [-0.4, -0.2) is 58.4 Å². The number of aromatic nitrogens is 4. The summed E-state index contributed by atoms with van der Waals surface area (Å²) in [4.78, 5) is 15.7. The van der Waals surface area contributed by atoms with Gasteiger partial charge in [-0.1, -0.05) is 20.3 Å². The van der Waals surface area contributed by atoms with Gasteiger partial charge in [0.1, 0.15) is 18.0 Å². The highest BCUT2D eigenvalue weighted by Gasteiger charge is 2.45. The lowest BCUT2D eigenvalue weighted by molar-refractivity contribution is 0.410. The summed E-state index contributed by atoms with van der Waals surface area (Å²) in [5, 5.41) is 0.173. The average molecular weight is 431 g/mol. The molecule has 4 heterocycles. The van der Waals surface area contributed by atoms with Crippen LogP contribution in [0.1, 0.15) is 56.5 Å². The predicted octanol–water partition coefficient (Wildman–Crippen LogP) is 2.36. The molecule has 2 aromatic heterocycles. The quantitative estimate of drug-likeness (QED) is 0.724. The molecular formula is C21H30N6O2S. The summed E-state index contributed by atoms with van der Waals surface area (Å²) in [6, 6.07) is 2.14. The zero-order valence-electron chi connectivity index (χ0n) is 17.9. The molecule has 1 aliphatic carbocycles. The summed E-state index contributed by atoms with van der Waals surface area (Å²) in [7, 11) is -1.70. The Kier molecular flexibility index (Phi) is 4.85. The van der Waals surface area contributed by atoms with E-state index < -0.39 is 10.0 Å². The van der Waals surface area contributed by atoms with Crippen LogP contribution in [0.4, 0.5) is 5.82 Å². The normalized spacial score (nSPS) is 25.1. The Balaban J connectivity index is 1.28. The number of imidazole rings is 1. The van der Waals surface area contributed by atoms with E-state index in [2.05, 4.69) is 25.9 Å². The molecule has 2 unspecified atom stereocenters. The number of hydrogen-bond acceptors (Lipinski definition) is 6. The van der Waals surface area contributed by atoms with Crippen molar-refractivity contribution < 1.29 is 8.42 Å². The fraction of sp³-hybridized carbons (Fsp3) is 0.667. The molecule has 2 atom stereocenters. The molecule has 2 saturated heterocycles. The zero-order valence-corrected chi connectivity index (χ0v) is 18.7. The molecule has 1 saturated carbocycles. The van der Waals surface area contributed by atoms with Crippen LogP contribution in [0.3, 0.4) is 0 Å². The van der Waals surface area contributed by atoms with Crippen LogP contribution in [-0.2, 0) is 17.1 Å². The van der Waals surface area contributed by atoms with Crippen molar-refractivity contribution in [1.82, 2.24) is 23.8 Å². The fourth-order valence-electron chi connectivity index (χ4n) is 5.04. The molecule has 5 rings (SSSR count). The van der Waals surface area contributed by atoms with Gasteiger partial charge in [-0.25, -0.2) is 23.4 Å². The average Bonchev–Trinajstić information content (AvgIpc) is 3.33. The molecule has 0 bridgehead atoms. The predicted molar refractivity (Wildman–Crippen MR) is 114 cm³/mol. The first-order valence-electron chi connectivity index (χ1n) is 10.9. The maximum atomic E-state index is 13.2. The van der Waals surface area contributed by atoms with Crippen LogP contribution >= 0.6 is 0 Å². The third-order valence-corrected chi connectivity index (χ3v) is 8.69. The molecular weight excluding hydrogens is 400 g/mol. The van der Waals surface area contributed by atoms with E-state index in [1.54, 1.807) is 16.8 Å². The Hall–Kier alpha value is -2.00. The highest BCUT2D eigenvalue weighted by Crippen LogP contribution is 2.38. The molecule has 30 heavy (non-hydrogen) atoms. The number of rotatable bonds is 5. The van der Waals surface area contributed by atoms with Crippen LogP contribution in [0, 0.1) is 11.8 Å². The first-order valence-corrected chi connectivity index (χ1v) is 12.4. The van der Waals surface area contributed by atoms with Crippen molar-refractivity contribution in [1.29, 1.82) is 0 Å². The van der Waals surface area contributed by atoms with Gasteiger partial charge in [-0.2, -0.15) is 4.31 Å². The van der Waals surface area contributed by atoms with Gasteiger partial charge < -0.3 is 9.47 Å². The first kappa shape index (κ1) is 19.9. The molecule has 3 fully saturated rings. The number of aryl methyl sites for hydroxylation is 1. The van der Waals surface area contributed by atoms with Crippen molar-refractivity contribution in [2.24, 2.45) is 18.9 Å². The highest BCUT2D eigenvalue weighted by atomic mass is 32.2. The maximum absolute atomic E-state index is 13.2. The van der Waals surface area contributed by atoms with Gasteiger partial charge in [0.15, 0.2) is 5.03 Å². The number of anilines is 1. The van der Waals surface area contributed by atoms with Gasteiger partial charge in [-0.3, -0.25) is 0 Å². The number of sulfonamides is 1. The van der Waals surface area contributed by atoms with Crippen molar-refractivity contribution in [3.8, 4) is 0 Å². The second kappa shape index (κ2) is 7.30. The Morgan fingerprint density at radius 1 is 1.07 bits per heavy atom. The maximum Gasteiger partial charge on any atom is 0.262 e. The summed E-state index contributed by atoms with van der Waals surface area (Å²) in [5.41, 5.74) is 1.16. The molecule has 2 aromatic rings. The lowest BCUT2D eigenvalue weighted by atomic mass is 9.83. The first-order chi connectivity index (χ1) is 14.3. The van der Waals surface area contributed by atoms with Gasteiger partial charge in [-0.05, 0) is 24.7 Å². The van der Waals surface area contributed by atoms with Crippen LogP contribution in [0.2, 0.25) is 0 Å². The van der Waals surface area contributed by atoms with Gasteiger partial charge in [0.25, 0.3) is 10.0 Å². The lowest BCUT2D eigenvalue weighted by Crippen LogP contribution is -2.33. The van der Waals surface area contributed by atoms with Gasteiger partial charge >= 0.3 is 0 Å². The Bertz CT molecular complexity index is 1030. The minimum absolute atomic E-state index is 0.173. The molecule has 9 heteroatoms. The standard InChI is InChI=1S/C21H30N6O2S/c1-14(2)21-24-20(12-25(21)3)30(28,29)27-10-16-8-26(9-17(16)11-27)19-7-18(22-13-23-19)15-5-4-6-15/h7,12-17H,4-6,8-11H2,1-3H3. The van der Waals surface area contributed by atoms with Gasteiger partial charge in [-0.15, -0.1) is 0 Å². The monoisotopic (exact) mass is 430 g/mol. The molecule has 0 spiro atoms. The van der Waals surface area contributed by atoms with E-state index in [-0.39, 0.29) is 10.9 Å². The largest absolute Gasteiger partial charge is 0.356 e. The minimum Gasteiger partial charge on any atom is -0.356 e. The number of nitrogens with zero attached hydrogens (tertiary/aromatic N) is 6. The summed E-state index contributed by atoms with van der Waals surface area (Å²) in [5.74, 6) is 3.21. The Labute approximate surface area is 178 Å². The van der Waals surface area contributed by atoms with Crippen molar-refractivity contribution in [2.45, 2.75) is 50.0 Å². The SMILES string of the molecule is CC(C)c1nc(S(=O)(=O)N2CC3CN(c4cc(C5CCC5)ncn4)CC3C2)cn1C. The van der Waals surface area contributed by atoms with Crippen LogP contribution in [0.25, 0.3) is 0 Å². The van der Waals surface area contributed by atoms with Crippen LogP contribution in [0.5, 0.6) is 0 Å². The lowest BCUT2D eigenvalue weighted by Gasteiger charge is -2.26. The van der Waals surface area contributed by atoms with Crippen molar-refractivity contribution in [2.75, 3.05) is 31.1 Å². The van der Waals surface area contributed by atoms with E-state index in [0.29, 0.717) is 30.8 Å². The second-order valence-corrected chi connectivity index (χ2v) is 11.3. The van der Waals surface area contributed by atoms with Gasteiger partial charge in [0.2, 0.25) is 0 Å². The molecule has 0 radical (unpaired) electrons. The number of hydrogen-bond donors (Lipinski definition) is 0. The summed E-state index contributed by atoms with van der Waals surface area (Å²) >= 11 is 0. The molecule has 8 nitrogen and oxygen atoms in total. The minimum atomic E-state index is -3.55.